The molecular formula is C8H18N2. The quantitative estimate of drug-likeness (QED) is 0.558. The highest BCUT2D eigenvalue weighted by Gasteiger charge is 2.31. The van der Waals surface area contributed by atoms with E-state index in [9.17, 15) is 0 Å². The SMILES string of the molecule is CN(C)C1CC(N(C)C)C1. The van der Waals surface area contributed by atoms with Crippen LogP contribution in [-0.2, 0) is 0 Å². The maximum atomic E-state index is 2.32. The Hall–Kier alpha value is -0.0800. The molecule has 0 N–H and O–H groups in total. The number of hydrogen-bond donors (Lipinski definition) is 0. The van der Waals surface area contributed by atoms with Crippen LogP contribution < -0.4 is 0 Å². The molecule has 10 heavy (non-hydrogen) atoms. The summed E-state index contributed by atoms with van der Waals surface area (Å²) >= 11 is 0. The summed E-state index contributed by atoms with van der Waals surface area (Å²) in [5, 5.41) is 0. The van der Waals surface area contributed by atoms with E-state index in [4.69, 9.17) is 0 Å². The Morgan fingerprint density at radius 1 is 0.800 bits per heavy atom. The first-order valence-electron chi connectivity index (χ1n) is 3.94. The lowest BCUT2D eigenvalue weighted by atomic mass is 9.85. The zero-order chi connectivity index (χ0) is 7.72. The zero-order valence-corrected chi connectivity index (χ0v) is 7.46. The predicted molar refractivity (Wildman–Crippen MR) is 44.2 cm³/mol. The minimum atomic E-state index is 0.840. The summed E-state index contributed by atoms with van der Waals surface area (Å²) in [6.45, 7) is 0. The largest absolute Gasteiger partial charge is 0.306 e. The highest BCUT2D eigenvalue weighted by atomic mass is 15.2. The molecule has 0 aromatic heterocycles. The first kappa shape index (κ1) is 8.02. The number of nitrogens with zero attached hydrogens (tertiary/aromatic N) is 2. The zero-order valence-electron chi connectivity index (χ0n) is 7.46. The van der Waals surface area contributed by atoms with Gasteiger partial charge in [0.05, 0.1) is 0 Å². The van der Waals surface area contributed by atoms with Crippen molar-refractivity contribution >= 4 is 0 Å². The first-order valence-corrected chi connectivity index (χ1v) is 3.94. The van der Waals surface area contributed by atoms with Gasteiger partial charge in [0, 0.05) is 12.1 Å². The Bertz CT molecular complexity index is 91.8. The summed E-state index contributed by atoms with van der Waals surface area (Å²) in [5.41, 5.74) is 0. The Morgan fingerprint density at radius 3 is 1.30 bits per heavy atom. The van der Waals surface area contributed by atoms with E-state index in [1.54, 1.807) is 0 Å². The van der Waals surface area contributed by atoms with Gasteiger partial charge in [0.25, 0.3) is 0 Å². The van der Waals surface area contributed by atoms with Crippen molar-refractivity contribution in [2.24, 2.45) is 0 Å². The van der Waals surface area contributed by atoms with E-state index in [1.807, 2.05) is 0 Å². The second kappa shape index (κ2) is 2.89. The van der Waals surface area contributed by atoms with Gasteiger partial charge in [-0.15, -0.1) is 0 Å². The van der Waals surface area contributed by atoms with Crippen LogP contribution in [0, 0.1) is 0 Å². The van der Waals surface area contributed by atoms with Crippen molar-refractivity contribution in [1.29, 1.82) is 0 Å². The Kier molecular flexibility index (Phi) is 2.32. The van der Waals surface area contributed by atoms with Crippen LogP contribution in [0.2, 0.25) is 0 Å². The van der Waals surface area contributed by atoms with E-state index >= 15 is 0 Å². The molecule has 0 aromatic rings. The summed E-state index contributed by atoms with van der Waals surface area (Å²) in [4.78, 5) is 4.64. The molecular weight excluding hydrogens is 124 g/mol. The predicted octanol–water partition coefficient (Wildman–Crippen LogP) is 0.641. The normalized spacial score (nSPS) is 33.0. The molecule has 0 aliphatic heterocycles. The summed E-state index contributed by atoms with van der Waals surface area (Å²) in [6, 6.07) is 1.68. The minimum absolute atomic E-state index is 0.840. The molecule has 0 unspecified atom stereocenters. The topological polar surface area (TPSA) is 6.48 Å². The summed E-state index contributed by atoms with van der Waals surface area (Å²) < 4.78 is 0. The summed E-state index contributed by atoms with van der Waals surface area (Å²) in [6.07, 6.45) is 2.69. The molecule has 1 aliphatic carbocycles. The van der Waals surface area contributed by atoms with Gasteiger partial charge in [0.1, 0.15) is 0 Å². The monoisotopic (exact) mass is 142 g/mol. The molecule has 0 radical (unpaired) electrons. The average molecular weight is 142 g/mol. The molecule has 0 atom stereocenters. The van der Waals surface area contributed by atoms with Crippen LogP contribution in [0.1, 0.15) is 12.8 Å². The fourth-order valence-corrected chi connectivity index (χ4v) is 1.40. The van der Waals surface area contributed by atoms with Crippen LogP contribution in [0.4, 0.5) is 0 Å². The van der Waals surface area contributed by atoms with E-state index < -0.39 is 0 Å². The van der Waals surface area contributed by atoms with Gasteiger partial charge < -0.3 is 9.80 Å². The maximum Gasteiger partial charge on any atom is 0.0119 e. The van der Waals surface area contributed by atoms with Crippen molar-refractivity contribution in [2.45, 2.75) is 24.9 Å². The van der Waals surface area contributed by atoms with E-state index in [1.165, 1.54) is 12.8 Å². The van der Waals surface area contributed by atoms with Gasteiger partial charge >= 0.3 is 0 Å². The van der Waals surface area contributed by atoms with Gasteiger partial charge in [-0.1, -0.05) is 0 Å². The second-order valence-corrected chi connectivity index (χ2v) is 3.71. The molecule has 1 aliphatic rings. The molecule has 1 saturated carbocycles. The fourth-order valence-electron chi connectivity index (χ4n) is 1.40. The van der Waals surface area contributed by atoms with Crippen molar-refractivity contribution in [2.75, 3.05) is 28.2 Å². The third-order valence-electron chi connectivity index (χ3n) is 2.55. The first-order chi connectivity index (χ1) is 4.61. The van der Waals surface area contributed by atoms with Crippen molar-refractivity contribution in [1.82, 2.24) is 9.80 Å². The highest BCUT2D eigenvalue weighted by Crippen LogP contribution is 2.26. The van der Waals surface area contributed by atoms with Gasteiger partial charge in [-0.2, -0.15) is 0 Å². The molecule has 2 heteroatoms. The molecule has 0 spiro atoms. The molecule has 2 nitrogen and oxygen atoms in total. The Labute approximate surface area is 63.8 Å². The Balaban J connectivity index is 2.18. The average Bonchev–Trinajstić information content (AvgIpc) is 1.56. The van der Waals surface area contributed by atoms with Gasteiger partial charge in [-0.05, 0) is 41.0 Å². The minimum Gasteiger partial charge on any atom is -0.306 e. The second-order valence-electron chi connectivity index (χ2n) is 3.71. The van der Waals surface area contributed by atoms with Crippen LogP contribution in [-0.4, -0.2) is 50.1 Å². The van der Waals surface area contributed by atoms with Crippen LogP contribution in [0.3, 0.4) is 0 Å². The van der Waals surface area contributed by atoms with Crippen molar-refractivity contribution < 1.29 is 0 Å². The summed E-state index contributed by atoms with van der Waals surface area (Å²) in [7, 11) is 8.65. The standard InChI is InChI=1S/C8H18N2/c1-9(2)7-5-8(6-7)10(3)4/h7-8H,5-6H2,1-4H3. The van der Waals surface area contributed by atoms with Gasteiger partial charge in [0.15, 0.2) is 0 Å². The van der Waals surface area contributed by atoms with Crippen LogP contribution in [0.25, 0.3) is 0 Å². The smallest absolute Gasteiger partial charge is 0.0119 e. The molecule has 0 bridgehead atoms. The van der Waals surface area contributed by atoms with Crippen LogP contribution >= 0.6 is 0 Å². The molecule has 60 valence electrons. The lowest BCUT2D eigenvalue weighted by Crippen LogP contribution is -2.49. The summed E-state index contributed by atoms with van der Waals surface area (Å²) in [5.74, 6) is 0. The van der Waals surface area contributed by atoms with Crippen LogP contribution in [0.5, 0.6) is 0 Å². The Morgan fingerprint density at radius 2 is 1.10 bits per heavy atom. The third-order valence-corrected chi connectivity index (χ3v) is 2.55. The molecule has 0 heterocycles. The molecule has 1 rings (SSSR count). The highest BCUT2D eigenvalue weighted by molar-refractivity contribution is 4.89. The molecule has 0 aromatic carbocycles. The maximum absolute atomic E-state index is 2.32. The van der Waals surface area contributed by atoms with E-state index in [0.717, 1.165) is 12.1 Å². The lowest BCUT2D eigenvalue weighted by molar-refractivity contribution is 0.0850. The third kappa shape index (κ3) is 1.50. The van der Waals surface area contributed by atoms with Gasteiger partial charge in [0.2, 0.25) is 0 Å². The number of rotatable bonds is 2. The van der Waals surface area contributed by atoms with Crippen LogP contribution in [0.15, 0.2) is 0 Å². The van der Waals surface area contributed by atoms with E-state index in [-0.39, 0.29) is 0 Å². The lowest BCUT2D eigenvalue weighted by Gasteiger charge is -2.42. The fraction of sp³-hybridized carbons (Fsp3) is 1.00. The van der Waals surface area contributed by atoms with Crippen molar-refractivity contribution in [3.8, 4) is 0 Å². The molecule has 1 fully saturated rings. The van der Waals surface area contributed by atoms with Gasteiger partial charge in [-0.3, -0.25) is 0 Å². The van der Waals surface area contributed by atoms with E-state index in [2.05, 4.69) is 38.0 Å². The van der Waals surface area contributed by atoms with E-state index in [0.29, 0.717) is 0 Å². The van der Waals surface area contributed by atoms with Gasteiger partial charge in [-0.25, -0.2) is 0 Å². The van der Waals surface area contributed by atoms with Crippen molar-refractivity contribution in [3.63, 3.8) is 0 Å². The number of hydrogen-bond acceptors (Lipinski definition) is 2. The molecule has 0 saturated heterocycles. The molecule has 0 amide bonds. The van der Waals surface area contributed by atoms with Crippen molar-refractivity contribution in [3.05, 3.63) is 0 Å².